The Hall–Kier alpha value is -4.07. The predicted octanol–water partition coefficient (Wildman–Crippen LogP) is 4.93. The number of carboxylic acid groups (broad SMARTS) is 1. The molecule has 1 amide bonds. The highest BCUT2D eigenvalue weighted by molar-refractivity contribution is 6.02. The highest BCUT2D eigenvalue weighted by Gasteiger charge is 2.25. The number of ether oxygens (including phenoxy) is 2. The van der Waals surface area contributed by atoms with Gasteiger partial charge in [0.15, 0.2) is 11.5 Å². The van der Waals surface area contributed by atoms with Crippen molar-refractivity contribution in [1.29, 1.82) is 0 Å². The lowest BCUT2D eigenvalue weighted by Crippen LogP contribution is -2.17. The molecule has 1 heterocycles. The molecule has 0 spiro atoms. The maximum Gasteiger partial charge on any atom is 0.312 e. The van der Waals surface area contributed by atoms with Crippen LogP contribution in [0, 0.1) is 6.92 Å². The summed E-state index contributed by atoms with van der Waals surface area (Å²) in [6, 6.07) is 8.85. The van der Waals surface area contributed by atoms with Gasteiger partial charge in [-0.1, -0.05) is 13.0 Å². The molecule has 35 heavy (non-hydrogen) atoms. The number of fused-ring (bicyclic) bond motifs is 1. The fraction of sp³-hybridized carbons (Fsp3) is 0.296. The molecular formula is C27H28N2O6. The Morgan fingerprint density at radius 1 is 1.14 bits per heavy atom. The van der Waals surface area contributed by atoms with Crippen LogP contribution in [-0.4, -0.2) is 27.1 Å². The maximum atomic E-state index is 12.1. The molecule has 3 N–H and O–H groups in total. The number of phenols is 1. The number of benzene rings is 2. The van der Waals surface area contributed by atoms with Crippen molar-refractivity contribution >= 4 is 17.6 Å². The SMILES string of the molecule is CCc1c(O)ccc(Oc2c(C)cc(NC(=O)CC(=O)O)c3c2CCC3)c1OCc1cccnc1. The topological polar surface area (TPSA) is 118 Å². The second-order valence-electron chi connectivity index (χ2n) is 8.50. The number of aliphatic carboxylic acids is 1. The Morgan fingerprint density at radius 3 is 2.66 bits per heavy atom. The smallest absolute Gasteiger partial charge is 0.312 e. The number of carboxylic acids is 1. The van der Waals surface area contributed by atoms with Gasteiger partial charge in [-0.2, -0.15) is 0 Å². The minimum Gasteiger partial charge on any atom is -0.508 e. The monoisotopic (exact) mass is 476 g/mol. The molecule has 8 heteroatoms. The number of nitrogens with zero attached hydrogens (tertiary/aromatic N) is 1. The second-order valence-corrected chi connectivity index (χ2v) is 8.50. The molecule has 0 fully saturated rings. The van der Waals surface area contributed by atoms with Crippen molar-refractivity contribution in [2.45, 2.75) is 52.6 Å². The number of carbonyl (C=O) groups excluding carboxylic acids is 1. The van der Waals surface area contributed by atoms with E-state index < -0.39 is 18.3 Å². The highest BCUT2D eigenvalue weighted by Crippen LogP contribution is 2.45. The Labute approximate surface area is 203 Å². The van der Waals surface area contributed by atoms with E-state index in [0.29, 0.717) is 34.9 Å². The number of pyridine rings is 1. The lowest BCUT2D eigenvalue weighted by atomic mass is 10.0. The number of amides is 1. The molecule has 0 radical (unpaired) electrons. The third kappa shape index (κ3) is 5.37. The number of carbonyl (C=O) groups is 2. The van der Waals surface area contributed by atoms with Gasteiger partial charge < -0.3 is 25.0 Å². The zero-order valence-corrected chi connectivity index (χ0v) is 19.8. The van der Waals surface area contributed by atoms with E-state index in [-0.39, 0.29) is 12.4 Å². The van der Waals surface area contributed by atoms with Crippen molar-refractivity contribution < 1.29 is 29.3 Å². The van der Waals surface area contributed by atoms with Crippen LogP contribution in [0.15, 0.2) is 42.7 Å². The lowest BCUT2D eigenvalue weighted by Gasteiger charge is -2.21. The third-order valence-corrected chi connectivity index (χ3v) is 5.99. The van der Waals surface area contributed by atoms with Gasteiger partial charge >= 0.3 is 5.97 Å². The van der Waals surface area contributed by atoms with Crippen molar-refractivity contribution in [1.82, 2.24) is 4.98 Å². The predicted molar refractivity (Wildman–Crippen MR) is 130 cm³/mol. The van der Waals surface area contributed by atoms with E-state index in [2.05, 4.69) is 10.3 Å². The standard InChI is InChI=1S/C27H28N2O6/c1-3-18-22(30)9-10-23(27(18)34-15-17-6-5-11-28-14-17)35-26-16(2)12-21(19-7-4-8-20(19)26)29-24(31)13-25(32)33/h5-6,9-12,14,30H,3-4,7-8,13,15H2,1-2H3,(H,29,31)(H,32,33). The molecule has 0 saturated heterocycles. The first kappa shape index (κ1) is 24.1. The highest BCUT2D eigenvalue weighted by atomic mass is 16.5. The summed E-state index contributed by atoms with van der Waals surface area (Å²) < 4.78 is 12.6. The van der Waals surface area contributed by atoms with Crippen LogP contribution < -0.4 is 14.8 Å². The molecule has 8 nitrogen and oxygen atoms in total. The van der Waals surface area contributed by atoms with Crippen LogP contribution in [0.2, 0.25) is 0 Å². The number of phenolic OH excluding ortho intramolecular Hbond substituents is 1. The van der Waals surface area contributed by atoms with Gasteiger partial charge in [-0.15, -0.1) is 0 Å². The van der Waals surface area contributed by atoms with Crippen molar-refractivity contribution in [2.24, 2.45) is 0 Å². The van der Waals surface area contributed by atoms with Gasteiger partial charge in [-0.3, -0.25) is 14.6 Å². The number of aromatic nitrogens is 1. The quantitative estimate of drug-likeness (QED) is 0.375. The Balaban J connectivity index is 1.68. The van der Waals surface area contributed by atoms with Gasteiger partial charge in [-0.25, -0.2) is 0 Å². The van der Waals surface area contributed by atoms with Crippen molar-refractivity contribution in [2.75, 3.05) is 5.32 Å². The molecule has 2 aromatic carbocycles. The molecule has 0 unspecified atom stereocenters. The number of aryl methyl sites for hydroxylation is 1. The van der Waals surface area contributed by atoms with E-state index in [1.807, 2.05) is 32.0 Å². The van der Waals surface area contributed by atoms with Crippen LogP contribution in [0.4, 0.5) is 5.69 Å². The molecule has 0 atom stereocenters. The Morgan fingerprint density at radius 2 is 1.94 bits per heavy atom. The normalized spacial score (nSPS) is 12.2. The minimum atomic E-state index is -1.17. The molecular weight excluding hydrogens is 448 g/mol. The molecule has 1 aromatic heterocycles. The fourth-order valence-electron chi connectivity index (χ4n) is 4.41. The average Bonchev–Trinajstić information content (AvgIpc) is 3.31. The Kier molecular flexibility index (Phi) is 7.19. The summed E-state index contributed by atoms with van der Waals surface area (Å²) in [7, 11) is 0. The number of hydrogen-bond donors (Lipinski definition) is 3. The number of aromatic hydroxyl groups is 1. The zero-order chi connectivity index (χ0) is 24.9. The van der Waals surface area contributed by atoms with Crippen LogP contribution in [0.25, 0.3) is 0 Å². The lowest BCUT2D eigenvalue weighted by molar-refractivity contribution is -0.139. The molecule has 1 aliphatic rings. The van der Waals surface area contributed by atoms with E-state index in [1.165, 1.54) is 0 Å². The van der Waals surface area contributed by atoms with Crippen molar-refractivity contribution in [3.63, 3.8) is 0 Å². The van der Waals surface area contributed by atoms with Gasteiger partial charge in [0.2, 0.25) is 5.91 Å². The molecule has 0 bridgehead atoms. The van der Waals surface area contributed by atoms with Gasteiger partial charge in [0.1, 0.15) is 24.5 Å². The zero-order valence-electron chi connectivity index (χ0n) is 19.8. The van der Waals surface area contributed by atoms with Gasteiger partial charge in [0.05, 0.1) is 0 Å². The number of rotatable bonds is 9. The van der Waals surface area contributed by atoms with Crippen LogP contribution in [0.5, 0.6) is 23.0 Å². The van der Waals surface area contributed by atoms with Crippen LogP contribution in [0.3, 0.4) is 0 Å². The molecule has 0 aliphatic heterocycles. The summed E-state index contributed by atoms with van der Waals surface area (Å²) in [5.41, 5.74) is 4.92. The number of nitrogens with one attached hydrogen (secondary N) is 1. The number of anilines is 1. The summed E-state index contributed by atoms with van der Waals surface area (Å²) in [4.78, 5) is 27.1. The summed E-state index contributed by atoms with van der Waals surface area (Å²) in [6.45, 7) is 4.09. The average molecular weight is 477 g/mol. The van der Waals surface area contributed by atoms with E-state index >= 15 is 0 Å². The summed E-state index contributed by atoms with van der Waals surface area (Å²) in [5, 5.41) is 22.1. The summed E-state index contributed by atoms with van der Waals surface area (Å²) in [6.07, 6.45) is 5.82. The maximum absolute atomic E-state index is 12.1. The van der Waals surface area contributed by atoms with Crippen LogP contribution in [0.1, 0.15) is 47.6 Å². The van der Waals surface area contributed by atoms with Gasteiger partial charge in [0, 0.05) is 34.8 Å². The minimum absolute atomic E-state index is 0.138. The molecule has 1 aliphatic carbocycles. The number of hydrogen-bond acceptors (Lipinski definition) is 6. The van der Waals surface area contributed by atoms with Gasteiger partial charge in [0.25, 0.3) is 0 Å². The molecule has 182 valence electrons. The van der Waals surface area contributed by atoms with Crippen LogP contribution >= 0.6 is 0 Å². The first-order chi connectivity index (χ1) is 16.9. The molecule has 4 rings (SSSR count). The van der Waals surface area contributed by atoms with Crippen molar-refractivity contribution in [3.8, 4) is 23.0 Å². The largest absolute Gasteiger partial charge is 0.508 e. The van der Waals surface area contributed by atoms with E-state index in [4.69, 9.17) is 14.6 Å². The van der Waals surface area contributed by atoms with Gasteiger partial charge in [-0.05, 0) is 68.0 Å². The summed E-state index contributed by atoms with van der Waals surface area (Å²) in [5.74, 6) is 0.0579. The van der Waals surface area contributed by atoms with Crippen LogP contribution in [-0.2, 0) is 35.5 Å². The third-order valence-electron chi connectivity index (χ3n) is 5.99. The molecule has 0 saturated carbocycles. The van der Waals surface area contributed by atoms with E-state index in [1.54, 1.807) is 24.5 Å². The summed E-state index contributed by atoms with van der Waals surface area (Å²) >= 11 is 0. The van der Waals surface area contributed by atoms with E-state index in [9.17, 15) is 14.7 Å². The molecule has 3 aromatic rings. The second kappa shape index (κ2) is 10.5. The van der Waals surface area contributed by atoms with Crippen molar-refractivity contribution in [3.05, 3.63) is 70.5 Å². The fourth-order valence-corrected chi connectivity index (χ4v) is 4.41. The first-order valence-corrected chi connectivity index (χ1v) is 11.6. The Bertz CT molecular complexity index is 1260. The van der Waals surface area contributed by atoms with E-state index in [0.717, 1.165) is 41.5 Å². The first-order valence-electron chi connectivity index (χ1n) is 11.6.